The summed E-state index contributed by atoms with van der Waals surface area (Å²) >= 11 is 1.63. The first-order valence-corrected chi connectivity index (χ1v) is 7.65. The fraction of sp³-hybridized carbons (Fsp3) is 0.533. The molecule has 21 heavy (non-hydrogen) atoms. The molecule has 6 heteroatoms. The summed E-state index contributed by atoms with van der Waals surface area (Å²) in [6, 6.07) is 2.02. The number of thiophene rings is 1. The van der Waals surface area contributed by atoms with Crippen LogP contribution in [0.1, 0.15) is 16.9 Å². The number of carbonyl (C=O) groups is 1. The SMILES string of the molecule is COCCNC(=O)CN(C)Cc1cc(C#CCCO)cs1. The molecule has 0 bridgehead atoms. The van der Waals surface area contributed by atoms with Crippen LogP contribution in [0.4, 0.5) is 0 Å². The van der Waals surface area contributed by atoms with Crippen molar-refractivity contribution in [3.63, 3.8) is 0 Å². The van der Waals surface area contributed by atoms with Crippen LogP contribution in [0.5, 0.6) is 0 Å². The molecular weight excluding hydrogens is 288 g/mol. The van der Waals surface area contributed by atoms with Crippen molar-refractivity contribution in [1.82, 2.24) is 10.2 Å². The summed E-state index contributed by atoms with van der Waals surface area (Å²) in [5, 5.41) is 13.5. The van der Waals surface area contributed by atoms with E-state index in [0.29, 0.717) is 32.7 Å². The molecule has 116 valence electrons. The second-order valence-electron chi connectivity index (χ2n) is 4.59. The lowest BCUT2D eigenvalue weighted by atomic mass is 10.3. The second kappa shape index (κ2) is 10.4. The Hall–Kier alpha value is -1.39. The maximum Gasteiger partial charge on any atom is 0.234 e. The molecule has 1 aromatic rings. The number of methoxy groups -OCH3 is 1. The third-order valence-electron chi connectivity index (χ3n) is 2.59. The van der Waals surface area contributed by atoms with E-state index in [4.69, 9.17) is 9.84 Å². The summed E-state index contributed by atoms with van der Waals surface area (Å²) in [4.78, 5) is 14.8. The molecule has 0 saturated heterocycles. The summed E-state index contributed by atoms with van der Waals surface area (Å²) in [6.07, 6.45) is 0.493. The number of rotatable bonds is 8. The van der Waals surface area contributed by atoms with Gasteiger partial charge in [-0.3, -0.25) is 9.69 Å². The van der Waals surface area contributed by atoms with Gasteiger partial charge in [-0.25, -0.2) is 0 Å². The molecule has 1 heterocycles. The molecule has 1 amide bonds. The molecule has 0 aromatic carbocycles. The van der Waals surface area contributed by atoms with Crippen molar-refractivity contribution in [3.8, 4) is 11.8 Å². The number of nitrogens with one attached hydrogen (secondary N) is 1. The zero-order valence-electron chi connectivity index (χ0n) is 12.5. The van der Waals surface area contributed by atoms with Gasteiger partial charge in [-0.1, -0.05) is 11.8 Å². The number of aliphatic hydroxyl groups is 1. The normalized spacial score (nSPS) is 10.3. The predicted molar refractivity (Wildman–Crippen MR) is 84.1 cm³/mol. The number of hydrogen-bond acceptors (Lipinski definition) is 5. The van der Waals surface area contributed by atoms with E-state index in [0.717, 1.165) is 10.4 Å². The zero-order chi connectivity index (χ0) is 15.5. The van der Waals surface area contributed by atoms with Gasteiger partial charge in [-0.05, 0) is 13.1 Å². The van der Waals surface area contributed by atoms with Crippen molar-refractivity contribution in [1.29, 1.82) is 0 Å². The van der Waals surface area contributed by atoms with E-state index in [2.05, 4.69) is 17.2 Å². The van der Waals surface area contributed by atoms with Crippen molar-refractivity contribution in [2.45, 2.75) is 13.0 Å². The Morgan fingerprint density at radius 3 is 3.10 bits per heavy atom. The summed E-state index contributed by atoms with van der Waals surface area (Å²) in [5.74, 6) is 5.89. The van der Waals surface area contributed by atoms with Crippen LogP contribution in [-0.4, -0.2) is 56.4 Å². The van der Waals surface area contributed by atoms with E-state index < -0.39 is 0 Å². The van der Waals surface area contributed by atoms with E-state index >= 15 is 0 Å². The van der Waals surface area contributed by atoms with Gasteiger partial charge in [0.2, 0.25) is 5.91 Å². The van der Waals surface area contributed by atoms with Gasteiger partial charge in [-0.15, -0.1) is 11.3 Å². The Balaban J connectivity index is 2.36. The van der Waals surface area contributed by atoms with Crippen molar-refractivity contribution < 1.29 is 14.6 Å². The average Bonchev–Trinajstić information content (AvgIpc) is 2.86. The van der Waals surface area contributed by atoms with Gasteiger partial charge in [0.25, 0.3) is 0 Å². The standard InChI is InChI=1S/C15H22N2O3S/c1-17(11-15(19)16-6-8-20-2)10-14-9-13(12-21-14)5-3-4-7-18/h9,12,18H,4,6-8,10-11H2,1-2H3,(H,16,19). The van der Waals surface area contributed by atoms with Crippen LogP contribution in [-0.2, 0) is 16.1 Å². The molecule has 0 atom stereocenters. The Morgan fingerprint density at radius 1 is 1.57 bits per heavy atom. The molecule has 1 rings (SSSR count). The lowest BCUT2D eigenvalue weighted by Crippen LogP contribution is -2.36. The number of hydrogen-bond donors (Lipinski definition) is 2. The van der Waals surface area contributed by atoms with Crippen LogP contribution in [0.15, 0.2) is 11.4 Å². The number of aliphatic hydroxyl groups excluding tert-OH is 1. The van der Waals surface area contributed by atoms with Crippen molar-refractivity contribution >= 4 is 17.2 Å². The molecule has 0 saturated carbocycles. The number of ether oxygens (including phenoxy) is 1. The summed E-state index contributed by atoms with van der Waals surface area (Å²) in [6.45, 7) is 2.21. The number of amides is 1. The van der Waals surface area contributed by atoms with Crippen molar-refractivity contribution in [2.75, 3.05) is 40.5 Å². The van der Waals surface area contributed by atoms with Gasteiger partial charge >= 0.3 is 0 Å². The number of nitrogens with zero attached hydrogens (tertiary/aromatic N) is 1. The molecule has 1 aromatic heterocycles. The third-order valence-corrected chi connectivity index (χ3v) is 3.51. The second-order valence-corrected chi connectivity index (χ2v) is 5.59. The fourth-order valence-electron chi connectivity index (χ4n) is 1.67. The van der Waals surface area contributed by atoms with Crippen molar-refractivity contribution in [3.05, 3.63) is 21.9 Å². The molecule has 0 radical (unpaired) electrons. The van der Waals surface area contributed by atoms with Crippen LogP contribution in [0.25, 0.3) is 0 Å². The van der Waals surface area contributed by atoms with Crippen LogP contribution >= 0.6 is 11.3 Å². The summed E-state index contributed by atoms with van der Waals surface area (Å²) in [5.41, 5.74) is 0.960. The average molecular weight is 310 g/mol. The molecular formula is C15H22N2O3S. The smallest absolute Gasteiger partial charge is 0.234 e. The summed E-state index contributed by atoms with van der Waals surface area (Å²) in [7, 11) is 3.52. The molecule has 0 aliphatic rings. The maximum atomic E-state index is 11.6. The molecule has 2 N–H and O–H groups in total. The van der Waals surface area contributed by atoms with Gasteiger partial charge < -0.3 is 15.2 Å². The summed E-state index contributed by atoms with van der Waals surface area (Å²) < 4.78 is 4.88. The fourth-order valence-corrected chi connectivity index (χ4v) is 2.56. The monoisotopic (exact) mass is 310 g/mol. The lowest BCUT2D eigenvalue weighted by molar-refractivity contribution is -0.122. The number of carbonyl (C=O) groups excluding carboxylic acids is 1. The van der Waals surface area contributed by atoms with E-state index in [-0.39, 0.29) is 12.5 Å². The topological polar surface area (TPSA) is 61.8 Å². The van der Waals surface area contributed by atoms with Gasteiger partial charge in [-0.2, -0.15) is 0 Å². The highest BCUT2D eigenvalue weighted by Gasteiger charge is 2.08. The minimum absolute atomic E-state index is 0.00549. The third kappa shape index (κ3) is 7.83. The van der Waals surface area contributed by atoms with Crippen molar-refractivity contribution in [2.24, 2.45) is 0 Å². The predicted octanol–water partition coefficient (Wildman–Crippen LogP) is 0.676. The minimum Gasteiger partial charge on any atom is -0.395 e. The molecule has 5 nitrogen and oxygen atoms in total. The van der Waals surface area contributed by atoms with Gasteiger partial charge in [0.1, 0.15) is 0 Å². The van der Waals surface area contributed by atoms with Crippen LogP contribution < -0.4 is 5.32 Å². The molecule has 0 spiro atoms. The minimum atomic E-state index is -0.00549. The maximum absolute atomic E-state index is 11.6. The Kier molecular flexibility index (Phi) is 8.71. The zero-order valence-corrected chi connectivity index (χ0v) is 13.3. The van der Waals surface area contributed by atoms with Crippen LogP contribution in [0.2, 0.25) is 0 Å². The Bertz CT molecular complexity index is 491. The highest BCUT2D eigenvalue weighted by Crippen LogP contribution is 2.15. The van der Waals surface area contributed by atoms with E-state index in [1.165, 1.54) is 0 Å². The highest BCUT2D eigenvalue weighted by molar-refractivity contribution is 7.10. The number of likely N-dealkylation sites (N-methyl/N-ethyl adjacent to an activating group) is 1. The van der Waals surface area contributed by atoms with Crippen LogP contribution in [0, 0.1) is 11.8 Å². The Labute approximate surface area is 129 Å². The molecule has 0 fully saturated rings. The lowest BCUT2D eigenvalue weighted by Gasteiger charge is -2.15. The molecule has 0 aliphatic heterocycles. The quantitative estimate of drug-likeness (QED) is 0.547. The van der Waals surface area contributed by atoms with Gasteiger partial charge in [0, 0.05) is 42.4 Å². The highest BCUT2D eigenvalue weighted by atomic mass is 32.1. The molecule has 0 unspecified atom stereocenters. The first-order valence-electron chi connectivity index (χ1n) is 6.77. The largest absolute Gasteiger partial charge is 0.395 e. The first-order chi connectivity index (χ1) is 10.2. The van der Waals surface area contributed by atoms with Crippen LogP contribution in [0.3, 0.4) is 0 Å². The van der Waals surface area contributed by atoms with Gasteiger partial charge in [0.15, 0.2) is 0 Å². The first kappa shape index (κ1) is 17.7. The molecule has 0 aliphatic carbocycles. The van der Waals surface area contributed by atoms with E-state index in [9.17, 15) is 4.79 Å². The van der Waals surface area contributed by atoms with E-state index in [1.807, 2.05) is 23.4 Å². The van der Waals surface area contributed by atoms with E-state index in [1.54, 1.807) is 18.4 Å². The van der Waals surface area contributed by atoms with Gasteiger partial charge in [0.05, 0.1) is 19.8 Å². The Morgan fingerprint density at radius 2 is 2.38 bits per heavy atom.